The van der Waals surface area contributed by atoms with Crippen molar-refractivity contribution in [3.8, 4) is 0 Å². The lowest BCUT2D eigenvalue weighted by atomic mass is 10.2. The fourth-order valence-electron chi connectivity index (χ4n) is 1.55. The molecule has 0 aromatic heterocycles. The summed E-state index contributed by atoms with van der Waals surface area (Å²) >= 11 is 9.19. The summed E-state index contributed by atoms with van der Waals surface area (Å²) < 4.78 is 5.56. The topological polar surface area (TPSA) is 46.6 Å². The van der Waals surface area contributed by atoms with E-state index in [0.717, 1.165) is 4.47 Å². The van der Waals surface area contributed by atoms with Gasteiger partial charge in [-0.15, -0.1) is 0 Å². The Morgan fingerprint density at radius 2 is 2.00 bits per heavy atom. The molecule has 4 nitrogen and oxygen atoms in total. The van der Waals surface area contributed by atoms with E-state index in [0.29, 0.717) is 23.7 Å². The Hall–Kier alpha value is -1.07. The van der Waals surface area contributed by atoms with Crippen LogP contribution in [0.15, 0.2) is 22.7 Å². The molecule has 0 fully saturated rings. The van der Waals surface area contributed by atoms with Gasteiger partial charge in [-0.3, -0.25) is 9.59 Å². The number of carbonyl (C=O) groups excluding carboxylic acids is 2. The highest BCUT2D eigenvalue weighted by atomic mass is 79.9. The monoisotopic (exact) mass is 347 g/mol. The number of amides is 1. The number of nitrogens with zero attached hydrogens (tertiary/aromatic N) is 1. The van der Waals surface area contributed by atoms with Crippen molar-refractivity contribution < 1.29 is 14.3 Å². The molecule has 104 valence electrons. The van der Waals surface area contributed by atoms with Crippen molar-refractivity contribution in [3.63, 3.8) is 0 Å². The fourth-order valence-corrected chi connectivity index (χ4v) is 2.41. The van der Waals surface area contributed by atoms with Crippen LogP contribution >= 0.6 is 27.5 Å². The minimum atomic E-state index is -0.418. The van der Waals surface area contributed by atoms with Crippen LogP contribution in [0.1, 0.15) is 24.2 Å². The normalized spacial score (nSPS) is 10.1. The van der Waals surface area contributed by atoms with Gasteiger partial charge in [-0.1, -0.05) is 27.5 Å². The van der Waals surface area contributed by atoms with Crippen LogP contribution in [0.4, 0.5) is 0 Å². The van der Waals surface area contributed by atoms with Crippen LogP contribution in [0.3, 0.4) is 0 Å². The summed E-state index contributed by atoms with van der Waals surface area (Å²) in [4.78, 5) is 25.1. The Labute approximate surface area is 125 Å². The quantitative estimate of drug-likeness (QED) is 0.768. The van der Waals surface area contributed by atoms with E-state index in [2.05, 4.69) is 15.9 Å². The summed E-state index contributed by atoms with van der Waals surface area (Å²) in [7, 11) is 0. The second kappa shape index (κ2) is 7.50. The van der Waals surface area contributed by atoms with Crippen LogP contribution in [-0.4, -0.2) is 36.5 Å². The summed E-state index contributed by atoms with van der Waals surface area (Å²) in [5.41, 5.74) is 0.436. The lowest BCUT2D eigenvalue weighted by Crippen LogP contribution is -2.36. The third-order valence-corrected chi connectivity index (χ3v) is 3.08. The molecule has 0 heterocycles. The molecule has 6 heteroatoms. The third kappa shape index (κ3) is 4.84. The van der Waals surface area contributed by atoms with E-state index in [-0.39, 0.29) is 12.5 Å². The molecule has 0 atom stereocenters. The van der Waals surface area contributed by atoms with Crippen molar-refractivity contribution in [2.24, 2.45) is 0 Å². The molecule has 1 amide bonds. The first-order valence-corrected chi connectivity index (χ1v) is 7.06. The second-order valence-electron chi connectivity index (χ2n) is 3.78. The number of hydrogen-bond donors (Lipinski definition) is 0. The van der Waals surface area contributed by atoms with Crippen LogP contribution in [-0.2, 0) is 9.53 Å². The minimum Gasteiger partial charge on any atom is -0.465 e. The first-order valence-electron chi connectivity index (χ1n) is 5.88. The molecule has 1 aromatic rings. The van der Waals surface area contributed by atoms with E-state index in [4.69, 9.17) is 16.3 Å². The van der Waals surface area contributed by atoms with Crippen molar-refractivity contribution in [2.45, 2.75) is 13.8 Å². The van der Waals surface area contributed by atoms with E-state index in [1.165, 1.54) is 4.90 Å². The number of esters is 1. The molecule has 0 saturated carbocycles. The zero-order valence-electron chi connectivity index (χ0n) is 10.8. The Morgan fingerprint density at radius 1 is 1.32 bits per heavy atom. The summed E-state index contributed by atoms with van der Waals surface area (Å²) in [5.74, 6) is -0.669. The lowest BCUT2D eigenvalue weighted by Gasteiger charge is -2.20. The van der Waals surface area contributed by atoms with Gasteiger partial charge in [0.25, 0.3) is 5.91 Å². The van der Waals surface area contributed by atoms with Gasteiger partial charge in [0.2, 0.25) is 0 Å². The van der Waals surface area contributed by atoms with Gasteiger partial charge in [0.1, 0.15) is 6.54 Å². The highest BCUT2D eigenvalue weighted by Crippen LogP contribution is 2.20. The maximum atomic E-state index is 12.3. The summed E-state index contributed by atoms with van der Waals surface area (Å²) in [6, 6.07) is 4.93. The first kappa shape index (κ1) is 16.0. The number of halogens is 2. The molecule has 1 rings (SSSR count). The van der Waals surface area contributed by atoms with Gasteiger partial charge < -0.3 is 9.64 Å². The molecular formula is C13H15BrClNO3. The van der Waals surface area contributed by atoms with E-state index in [1.807, 2.05) is 0 Å². The van der Waals surface area contributed by atoms with Crippen LogP contribution in [0.25, 0.3) is 0 Å². The molecule has 0 radical (unpaired) electrons. The standard InChI is InChI=1S/C13H15BrClNO3/c1-3-16(8-12(17)19-4-2)13(18)9-5-10(14)7-11(15)6-9/h5-7H,3-4,8H2,1-2H3. The Kier molecular flexibility index (Phi) is 6.31. The molecule has 19 heavy (non-hydrogen) atoms. The molecule has 0 N–H and O–H groups in total. The maximum absolute atomic E-state index is 12.3. The van der Waals surface area contributed by atoms with E-state index in [1.54, 1.807) is 32.0 Å². The Morgan fingerprint density at radius 3 is 2.53 bits per heavy atom. The van der Waals surface area contributed by atoms with Crippen LogP contribution in [0.5, 0.6) is 0 Å². The zero-order valence-corrected chi connectivity index (χ0v) is 13.1. The molecule has 0 saturated heterocycles. The molecule has 0 aliphatic heterocycles. The fraction of sp³-hybridized carbons (Fsp3) is 0.385. The van der Waals surface area contributed by atoms with Crippen molar-refractivity contribution in [1.82, 2.24) is 4.90 Å². The number of ether oxygens (including phenoxy) is 1. The van der Waals surface area contributed by atoms with Gasteiger partial charge in [-0.05, 0) is 32.0 Å². The lowest BCUT2D eigenvalue weighted by molar-refractivity contribution is -0.143. The van der Waals surface area contributed by atoms with Gasteiger partial charge in [0.05, 0.1) is 6.61 Å². The predicted octanol–water partition coefficient (Wildman–Crippen LogP) is 3.13. The SMILES string of the molecule is CCOC(=O)CN(CC)C(=O)c1cc(Cl)cc(Br)c1. The largest absolute Gasteiger partial charge is 0.465 e. The molecule has 0 aliphatic rings. The number of carbonyl (C=O) groups is 2. The number of benzene rings is 1. The van der Waals surface area contributed by atoms with Gasteiger partial charge in [-0.2, -0.15) is 0 Å². The molecule has 0 spiro atoms. The van der Waals surface area contributed by atoms with Gasteiger partial charge in [0.15, 0.2) is 0 Å². The van der Waals surface area contributed by atoms with Crippen molar-refractivity contribution in [3.05, 3.63) is 33.3 Å². The van der Waals surface area contributed by atoms with Gasteiger partial charge in [0, 0.05) is 21.6 Å². The van der Waals surface area contributed by atoms with Crippen molar-refractivity contribution >= 4 is 39.4 Å². The van der Waals surface area contributed by atoms with Crippen LogP contribution in [0, 0.1) is 0 Å². The molecule has 0 bridgehead atoms. The summed E-state index contributed by atoms with van der Waals surface area (Å²) in [6.07, 6.45) is 0. The van der Waals surface area contributed by atoms with Crippen LogP contribution < -0.4 is 0 Å². The van der Waals surface area contributed by atoms with Crippen molar-refractivity contribution in [1.29, 1.82) is 0 Å². The molecule has 1 aromatic carbocycles. The average molecular weight is 349 g/mol. The average Bonchev–Trinajstić information content (AvgIpc) is 2.34. The maximum Gasteiger partial charge on any atom is 0.325 e. The highest BCUT2D eigenvalue weighted by Gasteiger charge is 2.18. The van der Waals surface area contributed by atoms with Crippen LogP contribution in [0.2, 0.25) is 5.02 Å². The second-order valence-corrected chi connectivity index (χ2v) is 5.13. The molecule has 0 aliphatic carbocycles. The third-order valence-electron chi connectivity index (χ3n) is 2.40. The van der Waals surface area contributed by atoms with E-state index < -0.39 is 5.97 Å². The first-order chi connectivity index (χ1) is 8.97. The van der Waals surface area contributed by atoms with Gasteiger partial charge in [-0.25, -0.2) is 0 Å². The number of hydrogen-bond acceptors (Lipinski definition) is 3. The smallest absolute Gasteiger partial charge is 0.325 e. The number of rotatable bonds is 5. The minimum absolute atomic E-state index is 0.0622. The molecular weight excluding hydrogens is 334 g/mol. The zero-order chi connectivity index (χ0) is 14.4. The predicted molar refractivity (Wildman–Crippen MR) is 77.4 cm³/mol. The summed E-state index contributed by atoms with van der Waals surface area (Å²) in [5, 5.41) is 0.463. The van der Waals surface area contributed by atoms with Crippen molar-refractivity contribution in [2.75, 3.05) is 19.7 Å². The number of likely N-dealkylation sites (N-methyl/N-ethyl adjacent to an activating group) is 1. The molecule has 0 unspecified atom stereocenters. The van der Waals surface area contributed by atoms with E-state index in [9.17, 15) is 9.59 Å². The Balaban J connectivity index is 2.86. The Bertz CT molecular complexity index is 459. The highest BCUT2D eigenvalue weighted by molar-refractivity contribution is 9.10. The van der Waals surface area contributed by atoms with Gasteiger partial charge >= 0.3 is 5.97 Å². The summed E-state index contributed by atoms with van der Waals surface area (Å²) in [6.45, 7) is 4.18. The van der Waals surface area contributed by atoms with E-state index >= 15 is 0 Å².